The fourth-order valence-electron chi connectivity index (χ4n) is 3.42. The zero-order valence-electron chi connectivity index (χ0n) is 14.2. The Balaban J connectivity index is 1.80. The topological polar surface area (TPSA) is 53.7 Å². The molecular weight excluding hydrogens is 352 g/mol. The number of rotatable bonds is 2. The van der Waals surface area contributed by atoms with Crippen molar-refractivity contribution in [3.8, 4) is 17.1 Å². The first-order chi connectivity index (χ1) is 12.6. The van der Waals surface area contributed by atoms with Gasteiger partial charge in [-0.3, -0.25) is 4.79 Å². The van der Waals surface area contributed by atoms with E-state index in [1.807, 2.05) is 24.3 Å². The number of aromatic hydroxyl groups is 1. The zero-order chi connectivity index (χ0) is 18.3. The van der Waals surface area contributed by atoms with Crippen molar-refractivity contribution in [3.63, 3.8) is 0 Å². The average Bonchev–Trinajstić information content (AvgIpc) is 2.68. The van der Waals surface area contributed by atoms with Gasteiger partial charge in [-0.15, -0.1) is 0 Å². The van der Waals surface area contributed by atoms with E-state index in [-0.39, 0.29) is 16.4 Å². The third kappa shape index (κ3) is 2.86. The van der Waals surface area contributed by atoms with E-state index < -0.39 is 11.6 Å². The Morgan fingerprint density at radius 2 is 1.73 bits per heavy atom. The average molecular weight is 371 g/mol. The second-order valence-electron chi connectivity index (χ2n) is 6.54. The van der Waals surface area contributed by atoms with Crippen LogP contribution in [0.15, 0.2) is 45.6 Å². The molecule has 1 aliphatic heterocycles. The first kappa shape index (κ1) is 17.0. The third-order valence-corrected chi connectivity index (χ3v) is 5.39. The van der Waals surface area contributed by atoms with Crippen LogP contribution in [0.25, 0.3) is 22.3 Å². The highest BCUT2D eigenvalue weighted by Gasteiger charge is 2.18. The summed E-state index contributed by atoms with van der Waals surface area (Å²) in [6, 6.07) is 10.3. The molecule has 0 aliphatic carbocycles. The Bertz CT molecular complexity index is 1020. The van der Waals surface area contributed by atoms with Gasteiger partial charge in [0.15, 0.2) is 11.3 Å². The second-order valence-corrected chi connectivity index (χ2v) is 7.12. The number of phenols is 1. The molecule has 1 unspecified atom stereocenters. The first-order valence-electron chi connectivity index (χ1n) is 8.65. The van der Waals surface area contributed by atoms with Gasteiger partial charge in [0, 0.05) is 24.3 Å². The van der Waals surface area contributed by atoms with E-state index >= 15 is 0 Å². The number of hydrogen-bond acceptors (Lipinski definition) is 4. The molecule has 3 aromatic rings. The number of benzene rings is 2. The van der Waals surface area contributed by atoms with Gasteiger partial charge in [-0.25, -0.2) is 0 Å². The summed E-state index contributed by atoms with van der Waals surface area (Å²) in [6.07, 6.45) is 3.66. The van der Waals surface area contributed by atoms with Crippen LogP contribution in [-0.4, -0.2) is 18.2 Å². The minimum Gasteiger partial charge on any atom is -0.505 e. The molecule has 1 saturated heterocycles. The molecule has 0 bridgehead atoms. The molecule has 0 radical (unpaired) electrons. The number of piperidine rings is 1. The van der Waals surface area contributed by atoms with Crippen LogP contribution in [0.1, 0.15) is 19.3 Å². The van der Waals surface area contributed by atoms with Crippen LogP contribution in [0.2, 0.25) is 0 Å². The molecule has 1 aromatic heterocycles. The summed E-state index contributed by atoms with van der Waals surface area (Å²) in [6.45, 7) is 2.09. The van der Waals surface area contributed by atoms with Gasteiger partial charge in [0.25, 0.3) is 0 Å². The highest BCUT2D eigenvalue weighted by atomic mass is 31.0. The lowest BCUT2D eigenvalue weighted by molar-refractivity contribution is 0.428. The van der Waals surface area contributed by atoms with E-state index in [0.717, 1.165) is 24.8 Å². The molecule has 4 nitrogen and oxygen atoms in total. The van der Waals surface area contributed by atoms with E-state index in [2.05, 4.69) is 14.1 Å². The summed E-state index contributed by atoms with van der Waals surface area (Å²) in [5.74, 6) is -1.17. The zero-order valence-corrected chi connectivity index (χ0v) is 15.3. The fraction of sp³-hybridized carbons (Fsp3) is 0.250. The van der Waals surface area contributed by atoms with Crippen molar-refractivity contribution in [3.05, 3.63) is 52.4 Å². The summed E-state index contributed by atoms with van der Waals surface area (Å²) in [5, 5.41) is 10.0. The lowest BCUT2D eigenvalue weighted by Gasteiger charge is -2.28. The van der Waals surface area contributed by atoms with E-state index in [1.165, 1.54) is 25.3 Å². The first-order valence-corrected chi connectivity index (χ1v) is 9.23. The maximum Gasteiger partial charge on any atom is 0.207 e. The van der Waals surface area contributed by atoms with Crippen LogP contribution < -0.4 is 15.6 Å². The van der Waals surface area contributed by atoms with Crippen LogP contribution in [-0.2, 0) is 0 Å². The van der Waals surface area contributed by atoms with Gasteiger partial charge < -0.3 is 14.4 Å². The molecule has 0 spiro atoms. The van der Waals surface area contributed by atoms with Crippen molar-refractivity contribution < 1.29 is 13.9 Å². The van der Waals surface area contributed by atoms with Crippen molar-refractivity contribution in [2.24, 2.45) is 0 Å². The maximum atomic E-state index is 14.2. The molecule has 1 aliphatic rings. The fourth-order valence-corrected chi connectivity index (χ4v) is 3.80. The molecule has 2 heterocycles. The summed E-state index contributed by atoms with van der Waals surface area (Å²) in [7, 11) is 2.38. The Kier molecular flexibility index (Phi) is 4.41. The van der Waals surface area contributed by atoms with Crippen molar-refractivity contribution >= 4 is 31.2 Å². The van der Waals surface area contributed by atoms with Gasteiger partial charge >= 0.3 is 0 Å². The predicted molar refractivity (Wildman–Crippen MR) is 105 cm³/mol. The molecule has 1 N–H and O–H groups in total. The highest BCUT2D eigenvalue weighted by molar-refractivity contribution is 7.27. The number of fused-ring (bicyclic) bond motifs is 1. The number of nitrogens with zero attached hydrogens (tertiary/aromatic N) is 1. The lowest BCUT2D eigenvalue weighted by Crippen LogP contribution is -2.29. The van der Waals surface area contributed by atoms with Crippen LogP contribution in [0.5, 0.6) is 5.75 Å². The monoisotopic (exact) mass is 371 g/mol. The summed E-state index contributed by atoms with van der Waals surface area (Å²) >= 11 is 0. The van der Waals surface area contributed by atoms with E-state index in [1.54, 1.807) is 0 Å². The Hall–Kier alpha value is -2.39. The van der Waals surface area contributed by atoms with Gasteiger partial charge in [0.2, 0.25) is 11.2 Å². The van der Waals surface area contributed by atoms with E-state index in [9.17, 15) is 14.3 Å². The molecule has 134 valence electrons. The number of hydrogen-bond donors (Lipinski definition) is 1. The molecular formula is C20H19FNO3P. The summed E-state index contributed by atoms with van der Waals surface area (Å²) < 4.78 is 19.9. The van der Waals surface area contributed by atoms with Gasteiger partial charge in [-0.2, -0.15) is 4.39 Å². The molecule has 4 rings (SSSR count). The minimum atomic E-state index is -0.921. The largest absolute Gasteiger partial charge is 0.505 e. The van der Waals surface area contributed by atoms with Crippen molar-refractivity contribution in [1.29, 1.82) is 0 Å². The Labute approximate surface area is 152 Å². The molecule has 0 saturated carbocycles. The Morgan fingerprint density at radius 1 is 1.04 bits per heavy atom. The quantitative estimate of drug-likeness (QED) is 0.697. The van der Waals surface area contributed by atoms with Crippen LogP contribution in [0.3, 0.4) is 0 Å². The van der Waals surface area contributed by atoms with E-state index in [4.69, 9.17) is 4.42 Å². The molecule has 0 amide bonds. The molecule has 6 heteroatoms. The van der Waals surface area contributed by atoms with Gasteiger partial charge in [-0.05, 0) is 55.7 Å². The van der Waals surface area contributed by atoms with Gasteiger partial charge in [-0.1, -0.05) is 9.24 Å². The van der Waals surface area contributed by atoms with Crippen LogP contribution >= 0.6 is 9.24 Å². The van der Waals surface area contributed by atoms with Crippen LogP contribution in [0, 0.1) is 5.82 Å². The molecule has 26 heavy (non-hydrogen) atoms. The predicted octanol–water partition coefficient (Wildman–Crippen LogP) is 3.80. The maximum absolute atomic E-state index is 14.2. The number of anilines is 1. The summed E-state index contributed by atoms with van der Waals surface area (Å²) in [5.41, 5.74) is 1.27. The Morgan fingerprint density at radius 3 is 2.42 bits per heavy atom. The van der Waals surface area contributed by atoms with Crippen LogP contribution in [0.4, 0.5) is 10.1 Å². The van der Waals surface area contributed by atoms with Gasteiger partial charge in [0.1, 0.15) is 5.76 Å². The standard InChI is InChI=1S/C20H19FNO3P/c21-16-15(23)9-8-14-17(24)20(26)18(25-19(14)16)12-4-6-13(7-5-12)22-10-2-1-3-11-22/h4-9,23H,1-3,10-11,26H2. The lowest BCUT2D eigenvalue weighted by atomic mass is 10.1. The molecule has 1 fully saturated rings. The van der Waals surface area contributed by atoms with Crippen molar-refractivity contribution in [2.75, 3.05) is 18.0 Å². The summed E-state index contributed by atoms with van der Waals surface area (Å²) in [4.78, 5) is 14.9. The van der Waals surface area contributed by atoms with Gasteiger partial charge in [0.05, 0.1) is 10.7 Å². The number of phenolic OH excluding ortho intramolecular Hbond substituents is 1. The SMILES string of the molecule is O=c1c(P)c(-c2ccc(N3CCCCC3)cc2)oc2c(F)c(O)ccc12. The third-order valence-electron chi connectivity index (χ3n) is 4.87. The minimum absolute atomic E-state index is 0.110. The van der Waals surface area contributed by atoms with Crippen molar-refractivity contribution in [1.82, 2.24) is 0 Å². The highest BCUT2D eigenvalue weighted by Crippen LogP contribution is 2.29. The number of halogens is 1. The molecule has 1 atom stereocenters. The second kappa shape index (κ2) is 6.73. The normalized spacial score (nSPS) is 14.8. The van der Waals surface area contributed by atoms with E-state index in [0.29, 0.717) is 16.6 Å². The van der Waals surface area contributed by atoms with Crippen molar-refractivity contribution in [2.45, 2.75) is 19.3 Å². The smallest absolute Gasteiger partial charge is 0.207 e. The molecule has 2 aromatic carbocycles.